The normalized spacial score (nSPS) is 12.7. The van der Waals surface area contributed by atoms with Crippen molar-refractivity contribution < 1.29 is 9.53 Å². The summed E-state index contributed by atoms with van der Waals surface area (Å²) in [7, 11) is 0. The summed E-state index contributed by atoms with van der Waals surface area (Å²) in [6.07, 6.45) is 9.02. The predicted molar refractivity (Wildman–Crippen MR) is 77.6 cm³/mol. The smallest absolute Gasteiger partial charge is 0.308 e. The molecule has 18 heavy (non-hydrogen) atoms. The molecule has 2 nitrogen and oxygen atoms in total. The number of hydrogen-bond donors (Lipinski definition) is 0. The van der Waals surface area contributed by atoms with Gasteiger partial charge in [0.05, 0.1) is 12.5 Å². The summed E-state index contributed by atoms with van der Waals surface area (Å²) >= 11 is 0. The van der Waals surface area contributed by atoms with Crippen molar-refractivity contribution >= 4 is 5.97 Å². The number of esters is 1. The first-order valence-corrected chi connectivity index (χ1v) is 7.86. The third-order valence-corrected chi connectivity index (χ3v) is 3.85. The highest BCUT2D eigenvalue weighted by Crippen LogP contribution is 2.17. The first-order valence-electron chi connectivity index (χ1n) is 7.86. The van der Waals surface area contributed by atoms with E-state index in [1.54, 1.807) is 0 Å². The summed E-state index contributed by atoms with van der Waals surface area (Å²) < 4.78 is 5.46. The second-order valence-electron chi connectivity index (χ2n) is 5.27. The highest BCUT2D eigenvalue weighted by atomic mass is 16.5. The minimum Gasteiger partial charge on any atom is -0.465 e. The second-order valence-corrected chi connectivity index (χ2v) is 5.27. The third kappa shape index (κ3) is 7.73. The van der Waals surface area contributed by atoms with Crippen molar-refractivity contribution in [3.05, 3.63) is 0 Å². The van der Waals surface area contributed by atoms with Crippen LogP contribution in [0.5, 0.6) is 0 Å². The van der Waals surface area contributed by atoms with Gasteiger partial charge in [-0.15, -0.1) is 0 Å². The van der Waals surface area contributed by atoms with E-state index in [4.69, 9.17) is 4.74 Å². The number of unbranched alkanes of at least 4 members (excludes halogenated alkanes) is 3. The maximum Gasteiger partial charge on any atom is 0.308 e. The molecule has 0 amide bonds. The van der Waals surface area contributed by atoms with Gasteiger partial charge in [0.1, 0.15) is 0 Å². The van der Waals surface area contributed by atoms with Crippen LogP contribution in [0.15, 0.2) is 0 Å². The Kier molecular flexibility index (Phi) is 11.2. The van der Waals surface area contributed by atoms with Crippen molar-refractivity contribution in [2.75, 3.05) is 6.61 Å². The average molecular weight is 256 g/mol. The standard InChI is InChI=1S/C16H32O2/c1-5-9-10-11-12-15(8-4)16(17)18-13-14(6-2)7-3/h14-15H,5-13H2,1-4H3. The lowest BCUT2D eigenvalue weighted by Crippen LogP contribution is -2.20. The van der Waals surface area contributed by atoms with Crippen molar-refractivity contribution in [3.8, 4) is 0 Å². The molecule has 0 aromatic rings. The van der Waals surface area contributed by atoms with Crippen LogP contribution in [0.2, 0.25) is 0 Å². The topological polar surface area (TPSA) is 26.3 Å². The van der Waals surface area contributed by atoms with Crippen LogP contribution in [0.25, 0.3) is 0 Å². The first kappa shape index (κ1) is 17.5. The minimum atomic E-state index is 0.0286. The molecule has 2 heteroatoms. The summed E-state index contributed by atoms with van der Waals surface area (Å²) in [5.74, 6) is 0.684. The van der Waals surface area contributed by atoms with Gasteiger partial charge in [-0.05, 0) is 18.8 Å². The summed E-state index contributed by atoms with van der Waals surface area (Å²) in [4.78, 5) is 12.0. The largest absolute Gasteiger partial charge is 0.465 e. The van der Waals surface area contributed by atoms with E-state index >= 15 is 0 Å². The molecule has 0 aliphatic carbocycles. The summed E-state index contributed by atoms with van der Waals surface area (Å²) in [6, 6.07) is 0. The molecule has 0 aliphatic heterocycles. The van der Waals surface area contributed by atoms with Crippen molar-refractivity contribution in [2.45, 2.75) is 79.1 Å². The van der Waals surface area contributed by atoms with E-state index in [1.165, 1.54) is 19.3 Å². The van der Waals surface area contributed by atoms with Crippen LogP contribution in [0.4, 0.5) is 0 Å². The molecular weight excluding hydrogens is 224 g/mol. The lowest BCUT2D eigenvalue weighted by Gasteiger charge is -2.17. The molecule has 108 valence electrons. The van der Waals surface area contributed by atoms with Gasteiger partial charge in [-0.25, -0.2) is 0 Å². The molecule has 0 aromatic heterocycles. The molecule has 0 heterocycles. The zero-order chi connectivity index (χ0) is 13.8. The quantitative estimate of drug-likeness (QED) is 0.385. The molecule has 0 rings (SSSR count). The molecule has 0 spiro atoms. The monoisotopic (exact) mass is 256 g/mol. The van der Waals surface area contributed by atoms with Gasteiger partial charge < -0.3 is 4.74 Å². The minimum absolute atomic E-state index is 0.0286. The van der Waals surface area contributed by atoms with Gasteiger partial charge >= 0.3 is 5.97 Å². The number of carbonyl (C=O) groups excluding carboxylic acids is 1. The van der Waals surface area contributed by atoms with E-state index in [2.05, 4.69) is 27.7 Å². The molecule has 0 saturated carbocycles. The molecule has 1 unspecified atom stereocenters. The SMILES string of the molecule is CCCCCCC(CC)C(=O)OCC(CC)CC. The molecular formula is C16H32O2. The van der Waals surface area contributed by atoms with Gasteiger partial charge in [0.15, 0.2) is 0 Å². The van der Waals surface area contributed by atoms with Crippen molar-refractivity contribution in [1.82, 2.24) is 0 Å². The van der Waals surface area contributed by atoms with Crippen LogP contribution in [0.1, 0.15) is 79.1 Å². The molecule has 0 radical (unpaired) electrons. The number of hydrogen-bond acceptors (Lipinski definition) is 2. The molecule has 0 aromatic carbocycles. The van der Waals surface area contributed by atoms with Gasteiger partial charge in [0.25, 0.3) is 0 Å². The highest BCUT2D eigenvalue weighted by Gasteiger charge is 2.18. The van der Waals surface area contributed by atoms with Crippen molar-refractivity contribution in [3.63, 3.8) is 0 Å². The maximum absolute atomic E-state index is 12.0. The van der Waals surface area contributed by atoms with Crippen LogP contribution in [0.3, 0.4) is 0 Å². The summed E-state index contributed by atoms with van der Waals surface area (Å²) in [5.41, 5.74) is 0. The van der Waals surface area contributed by atoms with Crippen LogP contribution in [-0.2, 0) is 9.53 Å². The Labute approximate surface area is 113 Å². The van der Waals surface area contributed by atoms with E-state index in [9.17, 15) is 4.79 Å². The van der Waals surface area contributed by atoms with E-state index in [0.29, 0.717) is 12.5 Å². The molecule has 1 atom stereocenters. The van der Waals surface area contributed by atoms with Crippen LogP contribution >= 0.6 is 0 Å². The number of carbonyl (C=O) groups is 1. The fourth-order valence-electron chi connectivity index (χ4n) is 2.15. The lowest BCUT2D eigenvalue weighted by atomic mass is 9.98. The van der Waals surface area contributed by atoms with Crippen molar-refractivity contribution in [2.24, 2.45) is 11.8 Å². The maximum atomic E-state index is 12.0. The fourth-order valence-corrected chi connectivity index (χ4v) is 2.15. The van der Waals surface area contributed by atoms with E-state index in [0.717, 1.165) is 32.1 Å². The number of rotatable bonds is 11. The third-order valence-electron chi connectivity index (χ3n) is 3.85. The van der Waals surface area contributed by atoms with Gasteiger partial charge in [-0.3, -0.25) is 4.79 Å². The van der Waals surface area contributed by atoms with E-state index in [-0.39, 0.29) is 11.9 Å². The Morgan fingerprint density at radius 3 is 2.11 bits per heavy atom. The predicted octanol–water partition coefficient (Wildman–Crippen LogP) is 4.96. The van der Waals surface area contributed by atoms with Crippen LogP contribution < -0.4 is 0 Å². The molecule has 0 fully saturated rings. The Hall–Kier alpha value is -0.530. The second kappa shape index (κ2) is 11.6. The van der Waals surface area contributed by atoms with E-state index in [1.807, 2.05) is 0 Å². The average Bonchev–Trinajstić information content (AvgIpc) is 2.40. The Morgan fingerprint density at radius 1 is 0.944 bits per heavy atom. The molecule has 0 aliphatic rings. The lowest BCUT2D eigenvalue weighted by molar-refractivity contribution is -0.150. The molecule has 0 N–H and O–H groups in total. The summed E-state index contributed by atoms with van der Waals surface area (Å²) in [6.45, 7) is 9.22. The molecule has 0 bridgehead atoms. The Bertz CT molecular complexity index is 197. The zero-order valence-corrected chi connectivity index (χ0v) is 12.8. The fraction of sp³-hybridized carbons (Fsp3) is 0.938. The van der Waals surface area contributed by atoms with Crippen LogP contribution in [-0.4, -0.2) is 12.6 Å². The van der Waals surface area contributed by atoms with Gasteiger partial charge in [0, 0.05) is 0 Å². The van der Waals surface area contributed by atoms with Gasteiger partial charge in [-0.2, -0.15) is 0 Å². The number of ether oxygens (including phenoxy) is 1. The van der Waals surface area contributed by atoms with Crippen molar-refractivity contribution in [1.29, 1.82) is 0 Å². The van der Waals surface area contributed by atoms with Crippen LogP contribution in [0, 0.1) is 11.8 Å². The molecule has 0 saturated heterocycles. The highest BCUT2D eigenvalue weighted by molar-refractivity contribution is 5.72. The zero-order valence-electron chi connectivity index (χ0n) is 12.8. The first-order chi connectivity index (χ1) is 8.69. The van der Waals surface area contributed by atoms with Gasteiger partial charge in [-0.1, -0.05) is 66.2 Å². The van der Waals surface area contributed by atoms with E-state index < -0.39 is 0 Å². The Morgan fingerprint density at radius 2 is 1.61 bits per heavy atom. The Balaban J connectivity index is 3.87. The van der Waals surface area contributed by atoms with Gasteiger partial charge in [0.2, 0.25) is 0 Å². The summed E-state index contributed by atoms with van der Waals surface area (Å²) in [5, 5.41) is 0.